The second-order valence-corrected chi connectivity index (χ2v) is 7.97. The molecule has 2 aromatic rings. The van der Waals surface area contributed by atoms with Crippen LogP contribution in [0.1, 0.15) is 38.1 Å². The van der Waals surface area contributed by atoms with Crippen molar-refractivity contribution in [2.75, 3.05) is 0 Å². The van der Waals surface area contributed by atoms with Crippen LogP contribution in [0.4, 0.5) is 4.39 Å². The van der Waals surface area contributed by atoms with Crippen LogP contribution in [0.15, 0.2) is 28.7 Å². The average Bonchev–Trinajstić information content (AvgIpc) is 2.79. The van der Waals surface area contributed by atoms with E-state index in [2.05, 4.69) is 10.2 Å². The number of hydrogen-bond donors (Lipinski definition) is 0. The summed E-state index contributed by atoms with van der Waals surface area (Å²) in [4.78, 5) is 0. The van der Waals surface area contributed by atoms with Crippen molar-refractivity contribution >= 4 is 9.84 Å². The number of aromatic nitrogens is 2. The summed E-state index contributed by atoms with van der Waals surface area (Å²) in [6, 6.07) is 5.35. The third-order valence-corrected chi connectivity index (χ3v) is 4.21. The van der Waals surface area contributed by atoms with Gasteiger partial charge < -0.3 is 4.42 Å². The quantitative estimate of drug-likeness (QED) is 0.867. The summed E-state index contributed by atoms with van der Waals surface area (Å²) in [6.45, 7) is 5.70. The molecular weight excluding hydrogens is 295 g/mol. The van der Waals surface area contributed by atoms with Crippen molar-refractivity contribution in [1.29, 1.82) is 0 Å². The second kappa shape index (κ2) is 5.55. The molecular formula is C14H17FN2O3S. The summed E-state index contributed by atoms with van der Waals surface area (Å²) >= 11 is 0. The predicted octanol–water partition coefficient (Wildman–Crippen LogP) is 2.62. The lowest BCUT2D eigenvalue weighted by Gasteiger charge is -2.11. The van der Waals surface area contributed by atoms with Crippen molar-refractivity contribution in [3.05, 3.63) is 47.4 Å². The van der Waals surface area contributed by atoms with Crippen LogP contribution in [0.25, 0.3) is 0 Å². The van der Waals surface area contributed by atoms with Crippen LogP contribution >= 0.6 is 0 Å². The van der Waals surface area contributed by atoms with Gasteiger partial charge in [-0.05, 0) is 17.7 Å². The minimum absolute atomic E-state index is 0.0713. The van der Waals surface area contributed by atoms with Crippen LogP contribution in [-0.4, -0.2) is 18.6 Å². The maximum Gasteiger partial charge on any atom is 0.231 e. The molecule has 0 aliphatic carbocycles. The Balaban J connectivity index is 2.10. The molecule has 7 heteroatoms. The lowest BCUT2D eigenvalue weighted by molar-refractivity contribution is 0.377. The lowest BCUT2D eigenvalue weighted by Crippen LogP contribution is -2.11. The smallest absolute Gasteiger partial charge is 0.231 e. The third kappa shape index (κ3) is 4.35. The SMILES string of the molecule is CC(C)(C)c1nnc(CS(=O)(=O)Cc2ccc(F)cc2)o1. The van der Waals surface area contributed by atoms with Gasteiger partial charge in [-0.3, -0.25) is 0 Å². The first-order valence-corrected chi connectivity index (χ1v) is 8.25. The van der Waals surface area contributed by atoms with Crippen LogP contribution in [0.2, 0.25) is 0 Å². The van der Waals surface area contributed by atoms with Gasteiger partial charge in [0.1, 0.15) is 11.6 Å². The van der Waals surface area contributed by atoms with E-state index in [1.54, 1.807) is 0 Å². The van der Waals surface area contributed by atoms with E-state index in [-0.39, 0.29) is 22.8 Å². The summed E-state index contributed by atoms with van der Waals surface area (Å²) in [6.07, 6.45) is 0. The highest BCUT2D eigenvalue weighted by Crippen LogP contribution is 2.21. The van der Waals surface area contributed by atoms with Crippen LogP contribution in [0.3, 0.4) is 0 Å². The number of benzene rings is 1. The fourth-order valence-electron chi connectivity index (χ4n) is 1.69. The van der Waals surface area contributed by atoms with Gasteiger partial charge in [0.25, 0.3) is 0 Å². The predicted molar refractivity (Wildman–Crippen MR) is 75.7 cm³/mol. The highest BCUT2D eigenvalue weighted by atomic mass is 32.2. The van der Waals surface area contributed by atoms with E-state index in [9.17, 15) is 12.8 Å². The minimum Gasteiger partial charge on any atom is -0.424 e. The molecule has 114 valence electrons. The van der Waals surface area contributed by atoms with Crippen molar-refractivity contribution in [2.24, 2.45) is 0 Å². The van der Waals surface area contributed by atoms with Crippen molar-refractivity contribution in [3.63, 3.8) is 0 Å². The fraction of sp³-hybridized carbons (Fsp3) is 0.429. The number of nitrogens with zero attached hydrogens (tertiary/aromatic N) is 2. The molecule has 0 fully saturated rings. The van der Waals surface area contributed by atoms with Crippen molar-refractivity contribution < 1.29 is 17.2 Å². The summed E-state index contributed by atoms with van der Waals surface area (Å²) in [5.41, 5.74) is 0.193. The molecule has 0 aliphatic heterocycles. The molecule has 0 radical (unpaired) electrons. The Kier molecular flexibility index (Phi) is 4.13. The Bertz CT molecular complexity index is 715. The van der Waals surface area contributed by atoms with Gasteiger partial charge in [0.05, 0.1) is 5.75 Å². The standard InChI is InChI=1S/C14H17FN2O3S/c1-14(2,3)13-17-16-12(20-13)9-21(18,19)8-10-4-6-11(15)7-5-10/h4-7H,8-9H2,1-3H3. The second-order valence-electron chi connectivity index (χ2n) is 5.91. The number of sulfone groups is 1. The molecule has 0 atom stereocenters. The molecule has 0 spiro atoms. The minimum atomic E-state index is -3.45. The van der Waals surface area contributed by atoms with E-state index in [0.29, 0.717) is 11.5 Å². The summed E-state index contributed by atoms with van der Waals surface area (Å²) in [7, 11) is -3.45. The molecule has 0 saturated carbocycles. The maximum atomic E-state index is 12.8. The topological polar surface area (TPSA) is 73.1 Å². The summed E-state index contributed by atoms with van der Waals surface area (Å²) in [5.74, 6) is -0.451. The molecule has 0 unspecified atom stereocenters. The first-order valence-electron chi connectivity index (χ1n) is 6.43. The van der Waals surface area contributed by atoms with Crippen LogP contribution < -0.4 is 0 Å². The molecule has 1 aromatic heterocycles. The molecule has 0 N–H and O–H groups in total. The van der Waals surface area contributed by atoms with E-state index in [4.69, 9.17) is 4.42 Å². The van der Waals surface area contributed by atoms with Gasteiger partial charge in [0.2, 0.25) is 11.8 Å². The van der Waals surface area contributed by atoms with E-state index in [1.807, 2.05) is 20.8 Å². The van der Waals surface area contributed by atoms with Crippen LogP contribution in [0, 0.1) is 5.82 Å². The van der Waals surface area contributed by atoms with Gasteiger partial charge in [-0.2, -0.15) is 0 Å². The van der Waals surface area contributed by atoms with Crippen LogP contribution in [-0.2, 0) is 26.8 Å². The van der Waals surface area contributed by atoms with Gasteiger partial charge >= 0.3 is 0 Å². The van der Waals surface area contributed by atoms with Gasteiger partial charge in [0.15, 0.2) is 9.84 Å². The Morgan fingerprint density at radius 3 is 2.24 bits per heavy atom. The van der Waals surface area contributed by atoms with Gasteiger partial charge in [-0.15, -0.1) is 10.2 Å². The summed E-state index contributed by atoms with van der Waals surface area (Å²) < 4.78 is 42.4. The monoisotopic (exact) mass is 312 g/mol. The zero-order chi connectivity index (χ0) is 15.7. The molecule has 1 heterocycles. The van der Waals surface area contributed by atoms with E-state index in [0.717, 1.165) is 0 Å². The van der Waals surface area contributed by atoms with E-state index >= 15 is 0 Å². The first kappa shape index (κ1) is 15.6. The molecule has 2 rings (SSSR count). The largest absolute Gasteiger partial charge is 0.424 e. The molecule has 0 bridgehead atoms. The fourth-order valence-corrected chi connectivity index (χ4v) is 2.98. The van der Waals surface area contributed by atoms with Crippen molar-refractivity contribution in [1.82, 2.24) is 10.2 Å². The lowest BCUT2D eigenvalue weighted by atomic mass is 9.97. The highest BCUT2D eigenvalue weighted by Gasteiger charge is 2.24. The van der Waals surface area contributed by atoms with Gasteiger partial charge in [0, 0.05) is 5.41 Å². The Morgan fingerprint density at radius 1 is 1.10 bits per heavy atom. The molecule has 5 nitrogen and oxygen atoms in total. The zero-order valence-corrected chi connectivity index (χ0v) is 12.9. The first-order chi connectivity index (χ1) is 9.66. The Morgan fingerprint density at radius 2 is 1.71 bits per heavy atom. The maximum absolute atomic E-state index is 12.8. The molecule has 21 heavy (non-hydrogen) atoms. The average molecular weight is 312 g/mol. The molecule has 1 aromatic carbocycles. The normalized spacial score (nSPS) is 12.6. The summed E-state index contributed by atoms with van der Waals surface area (Å²) in [5, 5.41) is 7.63. The Hall–Kier alpha value is -1.76. The molecule has 0 amide bonds. The van der Waals surface area contributed by atoms with Crippen molar-refractivity contribution in [2.45, 2.75) is 37.7 Å². The number of halogens is 1. The van der Waals surface area contributed by atoms with E-state index < -0.39 is 15.7 Å². The highest BCUT2D eigenvalue weighted by molar-refractivity contribution is 7.89. The molecule has 0 aliphatic rings. The van der Waals surface area contributed by atoms with E-state index in [1.165, 1.54) is 24.3 Å². The number of rotatable bonds is 4. The van der Waals surface area contributed by atoms with Gasteiger partial charge in [-0.25, -0.2) is 12.8 Å². The third-order valence-electron chi connectivity index (χ3n) is 2.75. The molecule has 0 saturated heterocycles. The van der Waals surface area contributed by atoms with Crippen molar-refractivity contribution in [3.8, 4) is 0 Å². The van der Waals surface area contributed by atoms with Gasteiger partial charge in [-0.1, -0.05) is 32.9 Å². The zero-order valence-electron chi connectivity index (χ0n) is 12.1. The Labute approximate surface area is 123 Å². The number of hydrogen-bond acceptors (Lipinski definition) is 5. The van der Waals surface area contributed by atoms with Crippen LogP contribution in [0.5, 0.6) is 0 Å².